The third kappa shape index (κ3) is 3.18. The number of hydrogen-bond acceptors (Lipinski definition) is 2. The van der Waals surface area contributed by atoms with E-state index >= 15 is 0 Å². The summed E-state index contributed by atoms with van der Waals surface area (Å²) in [6, 6.07) is 4.28. The fourth-order valence-electron chi connectivity index (χ4n) is 2.73. The summed E-state index contributed by atoms with van der Waals surface area (Å²) in [5, 5.41) is 4.25. The molecular weight excluding hydrogens is 246 g/mol. The molecule has 18 heavy (non-hydrogen) atoms. The van der Waals surface area contributed by atoms with Gasteiger partial charge in [0, 0.05) is 10.6 Å². The molecule has 100 valence electrons. The van der Waals surface area contributed by atoms with Gasteiger partial charge in [0.2, 0.25) is 0 Å². The highest BCUT2D eigenvalue weighted by atomic mass is 35.5. The maximum atomic E-state index is 6.34. The minimum atomic E-state index is 0.777. The van der Waals surface area contributed by atoms with Gasteiger partial charge in [-0.1, -0.05) is 18.5 Å². The second-order valence-corrected chi connectivity index (χ2v) is 5.42. The van der Waals surface area contributed by atoms with Gasteiger partial charge in [-0.3, -0.25) is 0 Å². The molecular formula is C15H22ClNO. The zero-order valence-electron chi connectivity index (χ0n) is 11.3. The lowest BCUT2D eigenvalue weighted by molar-refractivity contribution is 0.371. The highest BCUT2D eigenvalue weighted by Crippen LogP contribution is 2.31. The maximum absolute atomic E-state index is 6.34. The van der Waals surface area contributed by atoms with Crippen LogP contribution in [0.2, 0.25) is 5.02 Å². The molecule has 0 aliphatic carbocycles. The molecule has 1 heterocycles. The number of methoxy groups -OCH3 is 1. The van der Waals surface area contributed by atoms with Crippen LogP contribution in [0.4, 0.5) is 0 Å². The monoisotopic (exact) mass is 267 g/mol. The van der Waals surface area contributed by atoms with Crippen molar-refractivity contribution >= 4 is 11.6 Å². The van der Waals surface area contributed by atoms with Crippen LogP contribution in [-0.2, 0) is 12.8 Å². The van der Waals surface area contributed by atoms with Crippen molar-refractivity contribution in [1.82, 2.24) is 5.32 Å². The van der Waals surface area contributed by atoms with Crippen molar-refractivity contribution < 1.29 is 4.74 Å². The van der Waals surface area contributed by atoms with Gasteiger partial charge in [0.25, 0.3) is 0 Å². The molecule has 1 fully saturated rings. The first kappa shape index (κ1) is 13.7. The number of rotatable bonds is 4. The summed E-state index contributed by atoms with van der Waals surface area (Å²) in [6.07, 6.45) is 4.54. The number of nitrogens with one attached hydrogen (secondary N) is 1. The number of piperidine rings is 1. The number of halogens is 1. The van der Waals surface area contributed by atoms with E-state index in [1.54, 1.807) is 7.11 Å². The fourth-order valence-corrected chi connectivity index (χ4v) is 3.09. The van der Waals surface area contributed by atoms with Gasteiger partial charge < -0.3 is 10.1 Å². The van der Waals surface area contributed by atoms with Gasteiger partial charge in [0.05, 0.1) is 7.11 Å². The fraction of sp³-hybridized carbons (Fsp3) is 0.600. The van der Waals surface area contributed by atoms with E-state index in [2.05, 4.69) is 24.4 Å². The minimum Gasteiger partial charge on any atom is -0.496 e. The van der Waals surface area contributed by atoms with Gasteiger partial charge in [0.15, 0.2) is 0 Å². The van der Waals surface area contributed by atoms with Gasteiger partial charge in [0.1, 0.15) is 5.75 Å². The summed E-state index contributed by atoms with van der Waals surface area (Å²) in [7, 11) is 1.72. The second kappa shape index (κ2) is 6.44. The standard InChI is InChI=1S/C15H22ClNO/c1-3-13-14(16)9-12(10-15(13)18-2)8-11-4-6-17-7-5-11/h9-11,17H,3-8H2,1-2H3. The van der Waals surface area contributed by atoms with Gasteiger partial charge >= 0.3 is 0 Å². The maximum Gasteiger partial charge on any atom is 0.123 e. The van der Waals surface area contributed by atoms with Crippen LogP contribution in [0.15, 0.2) is 12.1 Å². The molecule has 1 saturated heterocycles. The van der Waals surface area contributed by atoms with Crippen molar-refractivity contribution in [1.29, 1.82) is 0 Å². The first-order valence-electron chi connectivity index (χ1n) is 6.80. The molecule has 2 rings (SSSR count). The third-order valence-electron chi connectivity index (χ3n) is 3.77. The second-order valence-electron chi connectivity index (χ2n) is 5.01. The average molecular weight is 268 g/mol. The van der Waals surface area contributed by atoms with E-state index < -0.39 is 0 Å². The van der Waals surface area contributed by atoms with Crippen molar-refractivity contribution in [2.24, 2.45) is 5.92 Å². The summed E-state index contributed by atoms with van der Waals surface area (Å²) < 4.78 is 5.45. The molecule has 0 aromatic heterocycles. The van der Waals surface area contributed by atoms with Crippen LogP contribution in [0.5, 0.6) is 5.75 Å². The first-order chi connectivity index (χ1) is 8.74. The lowest BCUT2D eigenvalue weighted by atomic mass is 9.90. The molecule has 3 heteroatoms. The molecule has 2 nitrogen and oxygen atoms in total. The largest absolute Gasteiger partial charge is 0.496 e. The van der Waals surface area contributed by atoms with Gasteiger partial charge in [-0.05, 0) is 62.4 Å². The molecule has 0 atom stereocenters. The average Bonchev–Trinajstić information content (AvgIpc) is 2.39. The minimum absolute atomic E-state index is 0.777. The molecule has 0 bridgehead atoms. The Labute approximate surface area is 115 Å². The lowest BCUT2D eigenvalue weighted by Gasteiger charge is -2.23. The van der Waals surface area contributed by atoms with E-state index in [1.807, 2.05) is 0 Å². The van der Waals surface area contributed by atoms with Crippen LogP contribution < -0.4 is 10.1 Å². The Hall–Kier alpha value is -0.730. The van der Waals surface area contributed by atoms with Gasteiger partial charge in [-0.15, -0.1) is 0 Å². The summed E-state index contributed by atoms with van der Waals surface area (Å²) >= 11 is 6.34. The smallest absolute Gasteiger partial charge is 0.123 e. The van der Waals surface area contributed by atoms with Crippen molar-refractivity contribution in [3.05, 3.63) is 28.3 Å². The van der Waals surface area contributed by atoms with Crippen molar-refractivity contribution in [2.75, 3.05) is 20.2 Å². The Balaban J connectivity index is 2.15. The topological polar surface area (TPSA) is 21.3 Å². The van der Waals surface area contributed by atoms with E-state index in [-0.39, 0.29) is 0 Å². The Morgan fingerprint density at radius 1 is 1.33 bits per heavy atom. The van der Waals surface area contributed by atoms with Crippen molar-refractivity contribution in [2.45, 2.75) is 32.6 Å². The molecule has 1 aliphatic rings. The predicted octanol–water partition coefficient (Wildman–Crippen LogP) is 3.45. The Morgan fingerprint density at radius 2 is 2.06 bits per heavy atom. The van der Waals surface area contributed by atoms with Crippen LogP contribution in [0, 0.1) is 5.92 Å². The number of ether oxygens (including phenoxy) is 1. The molecule has 1 aliphatic heterocycles. The van der Waals surface area contributed by atoms with E-state index in [9.17, 15) is 0 Å². The highest BCUT2D eigenvalue weighted by molar-refractivity contribution is 6.31. The van der Waals surface area contributed by atoms with Crippen LogP contribution in [0.3, 0.4) is 0 Å². The highest BCUT2D eigenvalue weighted by Gasteiger charge is 2.15. The van der Waals surface area contributed by atoms with E-state index in [0.29, 0.717) is 0 Å². The molecule has 1 aromatic carbocycles. The van der Waals surface area contributed by atoms with E-state index in [1.165, 1.54) is 18.4 Å². The van der Waals surface area contributed by atoms with Crippen molar-refractivity contribution in [3.63, 3.8) is 0 Å². The Bertz CT molecular complexity index is 400. The summed E-state index contributed by atoms with van der Waals surface area (Å²) in [5.41, 5.74) is 2.43. The normalized spacial score (nSPS) is 16.8. The molecule has 0 amide bonds. The molecule has 0 unspecified atom stereocenters. The molecule has 0 spiro atoms. The van der Waals surface area contributed by atoms with E-state index in [0.717, 1.165) is 48.2 Å². The van der Waals surface area contributed by atoms with Gasteiger partial charge in [-0.25, -0.2) is 0 Å². The predicted molar refractivity (Wildman–Crippen MR) is 76.7 cm³/mol. The number of hydrogen-bond donors (Lipinski definition) is 1. The van der Waals surface area contributed by atoms with Crippen molar-refractivity contribution in [3.8, 4) is 5.75 Å². The zero-order chi connectivity index (χ0) is 13.0. The van der Waals surface area contributed by atoms with Crippen LogP contribution in [-0.4, -0.2) is 20.2 Å². The molecule has 0 saturated carbocycles. The van der Waals surface area contributed by atoms with Crippen LogP contribution >= 0.6 is 11.6 Å². The van der Waals surface area contributed by atoms with Crippen LogP contribution in [0.25, 0.3) is 0 Å². The Kier molecular flexibility index (Phi) is 4.90. The summed E-state index contributed by atoms with van der Waals surface area (Å²) in [5.74, 6) is 1.72. The first-order valence-corrected chi connectivity index (χ1v) is 7.18. The van der Waals surface area contributed by atoms with E-state index in [4.69, 9.17) is 16.3 Å². The summed E-state index contributed by atoms with van der Waals surface area (Å²) in [6.45, 7) is 4.39. The van der Waals surface area contributed by atoms with Gasteiger partial charge in [-0.2, -0.15) is 0 Å². The van der Waals surface area contributed by atoms with Crippen LogP contribution in [0.1, 0.15) is 30.9 Å². The summed E-state index contributed by atoms with van der Waals surface area (Å²) in [4.78, 5) is 0. The molecule has 1 N–H and O–H groups in total. The lowest BCUT2D eigenvalue weighted by Crippen LogP contribution is -2.28. The molecule has 1 aromatic rings. The molecule has 0 radical (unpaired) electrons. The zero-order valence-corrected chi connectivity index (χ0v) is 12.0. The third-order valence-corrected chi connectivity index (χ3v) is 4.11. The quantitative estimate of drug-likeness (QED) is 0.902. The Morgan fingerprint density at radius 3 is 2.67 bits per heavy atom. The SMILES string of the molecule is CCc1c(Cl)cc(CC2CCNCC2)cc1OC. The number of benzene rings is 1.